The summed E-state index contributed by atoms with van der Waals surface area (Å²) in [6.07, 6.45) is 0.430. The number of hydrogen-bond acceptors (Lipinski definition) is 4. The maximum absolute atomic E-state index is 8.14. The standard InChI is InChI=1S/C4H7ClN2O2/c1-2-3(6-8)4(5)7-9/h8-9H,2H2,1H3. The lowest BCUT2D eigenvalue weighted by molar-refractivity contribution is 0.314. The molecule has 0 aromatic carbocycles. The van der Waals surface area contributed by atoms with E-state index in [-0.39, 0.29) is 10.9 Å². The number of hydrogen-bond donors (Lipinski definition) is 2. The van der Waals surface area contributed by atoms with Gasteiger partial charge in [0.05, 0.1) is 0 Å². The van der Waals surface area contributed by atoms with Crippen LogP contribution < -0.4 is 0 Å². The third-order valence-corrected chi connectivity index (χ3v) is 1.08. The molecule has 0 fully saturated rings. The van der Waals surface area contributed by atoms with Gasteiger partial charge in [-0.2, -0.15) is 0 Å². The zero-order chi connectivity index (χ0) is 7.28. The molecule has 0 spiro atoms. The Labute approximate surface area is 57.4 Å². The van der Waals surface area contributed by atoms with Crippen LogP contribution >= 0.6 is 11.6 Å². The molecular formula is C4H7ClN2O2. The maximum atomic E-state index is 8.14. The molecule has 0 radical (unpaired) electrons. The van der Waals surface area contributed by atoms with Crippen molar-refractivity contribution in [1.29, 1.82) is 0 Å². The fourth-order valence-electron chi connectivity index (χ4n) is 0.316. The summed E-state index contributed by atoms with van der Waals surface area (Å²) in [7, 11) is 0. The molecule has 0 aromatic rings. The average Bonchev–Trinajstić information content (AvgIpc) is 1.90. The Bertz CT molecular complexity index is 144. The number of rotatable bonds is 2. The molecule has 0 aliphatic heterocycles. The first-order chi connectivity index (χ1) is 4.26. The SMILES string of the molecule is CCC(=NO)C(Cl)=NO. The lowest BCUT2D eigenvalue weighted by Crippen LogP contribution is -2.05. The van der Waals surface area contributed by atoms with Gasteiger partial charge in [-0.3, -0.25) is 0 Å². The first-order valence-electron chi connectivity index (χ1n) is 2.35. The number of oxime groups is 2. The van der Waals surface area contributed by atoms with Gasteiger partial charge in [-0.15, -0.1) is 0 Å². The Kier molecular flexibility index (Phi) is 3.79. The van der Waals surface area contributed by atoms with E-state index in [0.29, 0.717) is 6.42 Å². The van der Waals surface area contributed by atoms with E-state index in [2.05, 4.69) is 10.3 Å². The Morgan fingerprint density at radius 1 is 1.44 bits per heavy atom. The number of nitrogens with zero attached hydrogens (tertiary/aromatic N) is 2. The highest BCUT2D eigenvalue weighted by Crippen LogP contribution is 1.93. The van der Waals surface area contributed by atoms with Gasteiger partial charge < -0.3 is 10.4 Å². The molecule has 9 heavy (non-hydrogen) atoms. The lowest BCUT2D eigenvalue weighted by Gasteiger charge is -1.91. The van der Waals surface area contributed by atoms with Crippen molar-refractivity contribution >= 4 is 22.5 Å². The molecule has 2 N–H and O–H groups in total. The molecule has 0 aliphatic carbocycles. The van der Waals surface area contributed by atoms with Gasteiger partial charge in [0.15, 0.2) is 5.17 Å². The predicted molar refractivity (Wildman–Crippen MR) is 34.6 cm³/mol. The summed E-state index contributed by atoms with van der Waals surface area (Å²) in [6, 6.07) is 0. The van der Waals surface area contributed by atoms with Gasteiger partial charge in [0.25, 0.3) is 0 Å². The molecule has 0 aromatic heterocycles. The fourth-order valence-corrected chi connectivity index (χ4v) is 0.487. The van der Waals surface area contributed by atoms with E-state index in [4.69, 9.17) is 22.0 Å². The summed E-state index contributed by atoms with van der Waals surface area (Å²) in [5, 5.41) is 21.4. The quantitative estimate of drug-likeness (QED) is 0.354. The van der Waals surface area contributed by atoms with Gasteiger partial charge in [-0.1, -0.05) is 28.8 Å². The minimum absolute atomic E-state index is 0.166. The minimum Gasteiger partial charge on any atom is -0.411 e. The van der Waals surface area contributed by atoms with E-state index >= 15 is 0 Å². The number of halogens is 1. The van der Waals surface area contributed by atoms with Crippen LogP contribution in [0.4, 0.5) is 0 Å². The predicted octanol–water partition coefficient (Wildman–Crippen LogP) is 1.25. The zero-order valence-corrected chi connectivity index (χ0v) is 5.63. The molecule has 0 heterocycles. The summed E-state index contributed by atoms with van der Waals surface area (Å²) in [6.45, 7) is 1.72. The summed E-state index contributed by atoms with van der Waals surface area (Å²) in [4.78, 5) is 0. The Morgan fingerprint density at radius 3 is 2.11 bits per heavy atom. The van der Waals surface area contributed by atoms with Crippen molar-refractivity contribution in [3.05, 3.63) is 0 Å². The van der Waals surface area contributed by atoms with Crippen LogP contribution in [0.3, 0.4) is 0 Å². The first kappa shape index (κ1) is 8.23. The summed E-state index contributed by atoms with van der Waals surface area (Å²) >= 11 is 5.24. The monoisotopic (exact) mass is 150 g/mol. The van der Waals surface area contributed by atoms with Crippen molar-refractivity contribution in [2.75, 3.05) is 0 Å². The topological polar surface area (TPSA) is 65.2 Å². The molecule has 0 atom stereocenters. The highest BCUT2D eigenvalue weighted by atomic mass is 35.5. The normalized spacial score (nSPS) is 14.0. The first-order valence-corrected chi connectivity index (χ1v) is 2.72. The molecule has 0 saturated heterocycles. The smallest absolute Gasteiger partial charge is 0.192 e. The van der Waals surface area contributed by atoms with E-state index in [1.54, 1.807) is 6.92 Å². The van der Waals surface area contributed by atoms with Crippen LogP contribution in [0.5, 0.6) is 0 Å². The van der Waals surface area contributed by atoms with E-state index in [1.807, 2.05) is 0 Å². The van der Waals surface area contributed by atoms with Crippen molar-refractivity contribution in [1.82, 2.24) is 0 Å². The highest BCUT2D eigenvalue weighted by Gasteiger charge is 2.02. The average molecular weight is 151 g/mol. The maximum Gasteiger partial charge on any atom is 0.192 e. The van der Waals surface area contributed by atoms with Gasteiger partial charge >= 0.3 is 0 Å². The second kappa shape index (κ2) is 4.14. The molecule has 0 aliphatic rings. The summed E-state index contributed by atoms with van der Waals surface area (Å²) < 4.78 is 0. The van der Waals surface area contributed by atoms with Gasteiger partial charge in [0.1, 0.15) is 5.71 Å². The van der Waals surface area contributed by atoms with Crippen LogP contribution in [0, 0.1) is 0 Å². The Hall–Kier alpha value is -0.770. The van der Waals surface area contributed by atoms with Crippen LogP contribution in [-0.4, -0.2) is 21.3 Å². The molecule has 4 nitrogen and oxygen atoms in total. The van der Waals surface area contributed by atoms with Crippen molar-refractivity contribution in [3.63, 3.8) is 0 Å². The van der Waals surface area contributed by atoms with E-state index in [0.717, 1.165) is 0 Å². The van der Waals surface area contributed by atoms with E-state index in [1.165, 1.54) is 0 Å². The summed E-state index contributed by atoms with van der Waals surface area (Å²) in [5.74, 6) is 0. The van der Waals surface area contributed by atoms with Gasteiger partial charge in [-0.25, -0.2) is 0 Å². The minimum atomic E-state index is -0.181. The fraction of sp³-hybridized carbons (Fsp3) is 0.500. The molecule has 0 unspecified atom stereocenters. The lowest BCUT2D eigenvalue weighted by atomic mass is 10.3. The van der Waals surface area contributed by atoms with Crippen molar-refractivity contribution in [2.24, 2.45) is 10.3 Å². The van der Waals surface area contributed by atoms with E-state index < -0.39 is 0 Å². The molecule has 0 saturated carbocycles. The third-order valence-electron chi connectivity index (χ3n) is 0.782. The molecule has 52 valence electrons. The molecule has 0 bridgehead atoms. The van der Waals surface area contributed by atoms with Crippen LogP contribution in [0.1, 0.15) is 13.3 Å². The third kappa shape index (κ3) is 2.32. The van der Waals surface area contributed by atoms with E-state index in [9.17, 15) is 0 Å². The molecule has 5 heteroatoms. The van der Waals surface area contributed by atoms with Crippen LogP contribution in [-0.2, 0) is 0 Å². The second-order valence-corrected chi connectivity index (χ2v) is 1.65. The van der Waals surface area contributed by atoms with Crippen molar-refractivity contribution < 1.29 is 10.4 Å². The Balaban J connectivity index is 4.14. The molecule has 0 rings (SSSR count). The van der Waals surface area contributed by atoms with Crippen LogP contribution in [0.15, 0.2) is 10.3 Å². The van der Waals surface area contributed by atoms with Gasteiger partial charge in [0.2, 0.25) is 0 Å². The van der Waals surface area contributed by atoms with Crippen molar-refractivity contribution in [3.8, 4) is 0 Å². The van der Waals surface area contributed by atoms with Gasteiger partial charge in [0, 0.05) is 0 Å². The zero-order valence-electron chi connectivity index (χ0n) is 4.87. The largest absolute Gasteiger partial charge is 0.411 e. The van der Waals surface area contributed by atoms with Crippen molar-refractivity contribution in [2.45, 2.75) is 13.3 Å². The van der Waals surface area contributed by atoms with Crippen LogP contribution in [0.25, 0.3) is 0 Å². The highest BCUT2D eigenvalue weighted by molar-refractivity contribution is 6.83. The molecular weight excluding hydrogens is 144 g/mol. The van der Waals surface area contributed by atoms with Gasteiger partial charge in [-0.05, 0) is 6.42 Å². The van der Waals surface area contributed by atoms with Crippen LogP contribution in [0.2, 0.25) is 0 Å². The molecule has 0 amide bonds. The second-order valence-electron chi connectivity index (χ2n) is 1.29. The summed E-state index contributed by atoms with van der Waals surface area (Å²) in [5.41, 5.74) is 0.166. The Morgan fingerprint density at radius 2 is 2.00 bits per heavy atom.